The molecule has 16 heavy (non-hydrogen) atoms. The number of hydrogen-bond acceptors (Lipinski definition) is 6. The number of esters is 2. The first-order chi connectivity index (χ1) is 7.37. The predicted molar refractivity (Wildman–Crippen MR) is 54.1 cm³/mol. The van der Waals surface area contributed by atoms with Crippen LogP contribution in [0.25, 0.3) is 0 Å². The lowest BCUT2D eigenvalue weighted by molar-refractivity contribution is -0.246. The van der Waals surface area contributed by atoms with E-state index in [2.05, 4.69) is 22.6 Å². The SMILES string of the molecule is C=CC(=O)OC(CO)C(C)(O)OC(=O)C=C. The van der Waals surface area contributed by atoms with E-state index in [1.807, 2.05) is 0 Å². The van der Waals surface area contributed by atoms with Crippen LogP contribution in [0.4, 0.5) is 0 Å². The van der Waals surface area contributed by atoms with E-state index in [0.717, 1.165) is 19.1 Å². The molecule has 0 bridgehead atoms. The lowest BCUT2D eigenvalue weighted by Crippen LogP contribution is -2.47. The molecule has 2 N–H and O–H groups in total. The predicted octanol–water partition coefficient (Wildman–Crippen LogP) is -0.486. The van der Waals surface area contributed by atoms with Gasteiger partial charge in [-0.1, -0.05) is 13.2 Å². The van der Waals surface area contributed by atoms with Crippen LogP contribution in [0.5, 0.6) is 0 Å². The van der Waals surface area contributed by atoms with Gasteiger partial charge in [0.1, 0.15) is 0 Å². The van der Waals surface area contributed by atoms with Crippen LogP contribution in [-0.4, -0.2) is 40.6 Å². The highest BCUT2D eigenvalue weighted by Crippen LogP contribution is 2.16. The maximum Gasteiger partial charge on any atom is 0.332 e. The molecule has 6 nitrogen and oxygen atoms in total. The number of carbonyl (C=O) groups is 2. The van der Waals surface area contributed by atoms with E-state index in [-0.39, 0.29) is 0 Å². The zero-order chi connectivity index (χ0) is 12.8. The first-order valence-electron chi connectivity index (χ1n) is 4.39. The van der Waals surface area contributed by atoms with E-state index >= 15 is 0 Å². The second kappa shape index (κ2) is 6.04. The molecule has 0 aliphatic heterocycles. The standard InChI is InChI=1S/C10H14O6/c1-4-8(12)15-7(6-11)10(3,14)16-9(13)5-2/h4-5,7,11,14H,1-2,6H2,3H3. The van der Waals surface area contributed by atoms with Crippen LogP contribution in [0.15, 0.2) is 25.3 Å². The highest BCUT2D eigenvalue weighted by molar-refractivity contribution is 5.82. The van der Waals surface area contributed by atoms with Crippen molar-refractivity contribution in [2.45, 2.75) is 18.8 Å². The molecule has 0 fully saturated rings. The highest BCUT2D eigenvalue weighted by Gasteiger charge is 2.38. The van der Waals surface area contributed by atoms with Gasteiger partial charge in [-0.05, 0) is 0 Å². The minimum absolute atomic E-state index is 0.711. The fourth-order valence-corrected chi connectivity index (χ4v) is 0.815. The summed E-state index contributed by atoms with van der Waals surface area (Å²) in [5, 5.41) is 18.6. The summed E-state index contributed by atoms with van der Waals surface area (Å²) in [5.74, 6) is -3.90. The Balaban J connectivity index is 4.64. The van der Waals surface area contributed by atoms with Crippen LogP contribution in [0.3, 0.4) is 0 Å². The Hall–Kier alpha value is -1.66. The molecule has 2 unspecified atom stereocenters. The summed E-state index contributed by atoms with van der Waals surface area (Å²) >= 11 is 0. The van der Waals surface area contributed by atoms with Gasteiger partial charge in [0.05, 0.1) is 6.61 Å². The molecule has 0 radical (unpaired) electrons. The normalized spacial score (nSPS) is 15.4. The Kier molecular flexibility index (Phi) is 5.41. The Morgan fingerprint density at radius 1 is 1.38 bits per heavy atom. The maximum atomic E-state index is 10.9. The number of aliphatic hydroxyl groups is 2. The monoisotopic (exact) mass is 230 g/mol. The quantitative estimate of drug-likeness (QED) is 0.363. The summed E-state index contributed by atoms with van der Waals surface area (Å²) in [6, 6.07) is 0. The first-order valence-corrected chi connectivity index (χ1v) is 4.39. The molecule has 0 saturated carbocycles. The molecule has 0 aliphatic rings. The molecular formula is C10H14O6. The van der Waals surface area contributed by atoms with E-state index in [1.54, 1.807) is 0 Å². The number of carbonyl (C=O) groups excluding carboxylic acids is 2. The van der Waals surface area contributed by atoms with E-state index in [1.165, 1.54) is 0 Å². The van der Waals surface area contributed by atoms with Gasteiger partial charge in [0.2, 0.25) is 5.79 Å². The van der Waals surface area contributed by atoms with E-state index in [0.29, 0.717) is 0 Å². The molecule has 90 valence electrons. The summed E-state index contributed by atoms with van der Waals surface area (Å²) in [7, 11) is 0. The third-order valence-electron chi connectivity index (χ3n) is 1.66. The zero-order valence-corrected chi connectivity index (χ0v) is 8.88. The second-order valence-electron chi connectivity index (χ2n) is 2.99. The molecular weight excluding hydrogens is 216 g/mol. The van der Waals surface area contributed by atoms with E-state index in [4.69, 9.17) is 5.11 Å². The molecule has 0 amide bonds. The van der Waals surface area contributed by atoms with Crippen LogP contribution in [0.2, 0.25) is 0 Å². The van der Waals surface area contributed by atoms with Gasteiger partial charge in [0, 0.05) is 19.1 Å². The van der Waals surface area contributed by atoms with E-state index in [9.17, 15) is 14.7 Å². The van der Waals surface area contributed by atoms with Crippen LogP contribution >= 0.6 is 0 Å². The van der Waals surface area contributed by atoms with Crippen molar-refractivity contribution in [3.63, 3.8) is 0 Å². The number of aliphatic hydroxyl groups excluding tert-OH is 1. The molecule has 0 aromatic rings. The van der Waals surface area contributed by atoms with Gasteiger partial charge in [-0.2, -0.15) is 0 Å². The van der Waals surface area contributed by atoms with Gasteiger partial charge in [-0.25, -0.2) is 9.59 Å². The van der Waals surface area contributed by atoms with Gasteiger partial charge < -0.3 is 19.7 Å². The van der Waals surface area contributed by atoms with Crippen molar-refractivity contribution in [1.29, 1.82) is 0 Å². The smallest absolute Gasteiger partial charge is 0.332 e. The van der Waals surface area contributed by atoms with Crippen molar-refractivity contribution in [3.05, 3.63) is 25.3 Å². The molecule has 0 saturated heterocycles. The summed E-state index contributed by atoms with van der Waals surface area (Å²) in [6.07, 6.45) is 0.286. The van der Waals surface area contributed by atoms with Crippen LogP contribution in [-0.2, 0) is 19.1 Å². The molecule has 6 heteroatoms. The van der Waals surface area contributed by atoms with Crippen molar-refractivity contribution >= 4 is 11.9 Å². The van der Waals surface area contributed by atoms with Crippen molar-refractivity contribution < 1.29 is 29.3 Å². The van der Waals surface area contributed by atoms with E-state index < -0.39 is 30.4 Å². The molecule has 2 atom stereocenters. The van der Waals surface area contributed by atoms with Gasteiger partial charge >= 0.3 is 11.9 Å². The topological polar surface area (TPSA) is 93.1 Å². The third-order valence-corrected chi connectivity index (χ3v) is 1.66. The van der Waals surface area contributed by atoms with Gasteiger partial charge in [-0.3, -0.25) is 0 Å². The van der Waals surface area contributed by atoms with Crippen LogP contribution < -0.4 is 0 Å². The summed E-state index contributed by atoms with van der Waals surface area (Å²) < 4.78 is 9.10. The van der Waals surface area contributed by atoms with Crippen molar-refractivity contribution in [2.75, 3.05) is 6.61 Å². The fourth-order valence-electron chi connectivity index (χ4n) is 0.815. The Morgan fingerprint density at radius 2 is 1.88 bits per heavy atom. The molecule has 0 aromatic heterocycles. The van der Waals surface area contributed by atoms with Crippen molar-refractivity contribution in [2.24, 2.45) is 0 Å². The summed E-state index contributed by atoms with van der Waals surface area (Å²) in [6.45, 7) is 6.64. The minimum atomic E-state index is -2.14. The lowest BCUT2D eigenvalue weighted by Gasteiger charge is -2.29. The first kappa shape index (κ1) is 14.3. The number of rotatable bonds is 6. The van der Waals surface area contributed by atoms with Crippen molar-refractivity contribution in [3.8, 4) is 0 Å². The Bertz CT molecular complexity index is 294. The molecule has 0 heterocycles. The van der Waals surface area contributed by atoms with Gasteiger partial charge in [0.25, 0.3) is 0 Å². The second-order valence-corrected chi connectivity index (χ2v) is 2.99. The highest BCUT2D eigenvalue weighted by atomic mass is 16.7. The number of hydrogen-bond donors (Lipinski definition) is 2. The molecule has 0 spiro atoms. The summed E-state index contributed by atoms with van der Waals surface area (Å²) in [5.41, 5.74) is 0. The number of ether oxygens (including phenoxy) is 2. The van der Waals surface area contributed by atoms with Crippen LogP contribution in [0, 0.1) is 0 Å². The Labute approximate surface area is 92.8 Å². The summed E-state index contributed by atoms with van der Waals surface area (Å²) in [4.78, 5) is 21.7. The zero-order valence-electron chi connectivity index (χ0n) is 8.88. The average molecular weight is 230 g/mol. The van der Waals surface area contributed by atoms with Crippen LogP contribution in [0.1, 0.15) is 6.92 Å². The van der Waals surface area contributed by atoms with Gasteiger partial charge in [-0.15, -0.1) is 0 Å². The molecule has 0 aliphatic carbocycles. The molecule has 0 rings (SSSR count). The third kappa shape index (κ3) is 4.24. The Morgan fingerprint density at radius 3 is 2.25 bits per heavy atom. The van der Waals surface area contributed by atoms with Crippen molar-refractivity contribution in [1.82, 2.24) is 0 Å². The van der Waals surface area contributed by atoms with Gasteiger partial charge in [0.15, 0.2) is 6.10 Å². The minimum Gasteiger partial charge on any atom is -0.450 e. The average Bonchev–Trinajstić information content (AvgIpc) is 2.24. The fraction of sp³-hybridized carbons (Fsp3) is 0.400. The lowest BCUT2D eigenvalue weighted by atomic mass is 10.2. The maximum absolute atomic E-state index is 10.9. The largest absolute Gasteiger partial charge is 0.450 e. The molecule has 0 aromatic carbocycles.